The molecule has 0 aliphatic carbocycles. The molecule has 4 rings (SSSR count). The van der Waals surface area contributed by atoms with Crippen LogP contribution in [0.15, 0.2) is 61.2 Å². The van der Waals surface area contributed by atoms with E-state index in [1.807, 2.05) is 35.2 Å². The van der Waals surface area contributed by atoms with E-state index in [2.05, 4.69) is 28.3 Å². The second-order valence-corrected chi connectivity index (χ2v) is 6.04. The summed E-state index contributed by atoms with van der Waals surface area (Å²) in [6.45, 7) is 2.12. The number of hydrogen-bond acceptors (Lipinski definition) is 3. The second-order valence-electron chi connectivity index (χ2n) is 6.04. The van der Waals surface area contributed by atoms with Crippen LogP contribution < -0.4 is 0 Å². The Kier molecular flexibility index (Phi) is 3.83. The Morgan fingerprint density at radius 3 is 2.58 bits per heavy atom. The van der Waals surface area contributed by atoms with Gasteiger partial charge in [-0.2, -0.15) is 5.10 Å². The maximum absolute atomic E-state index is 12.7. The highest BCUT2D eigenvalue weighted by Gasteiger charge is 2.21. The molecule has 0 atom stereocenters. The highest BCUT2D eigenvalue weighted by Crippen LogP contribution is 2.20. The van der Waals surface area contributed by atoms with Crippen LogP contribution in [0.4, 0.5) is 0 Å². The number of fused-ring (bicyclic) bond motifs is 1. The van der Waals surface area contributed by atoms with Crippen molar-refractivity contribution < 1.29 is 4.79 Å². The van der Waals surface area contributed by atoms with Gasteiger partial charge >= 0.3 is 0 Å². The van der Waals surface area contributed by atoms with Gasteiger partial charge in [-0.1, -0.05) is 36.4 Å². The van der Waals surface area contributed by atoms with Crippen LogP contribution in [0.25, 0.3) is 0 Å². The molecule has 5 heteroatoms. The topological polar surface area (TPSA) is 51.0 Å². The number of rotatable bonds is 3. The Morgan fingerprint density at radius 2 is 1.83 bits per heavy atom. The van der Waals surface area contributed by atoms with Crippen LogP contribution in [0.5, 0.6) is 0 Å². The van der Waals surface area contributed by atoms with Gasteiger partial charge < -0.3 is 4.90 Å². The van der Waals surface area contributed by atoms with Gasteiger partial charge in [0.2, 0.25) is 0 Å². The molecule has 2 aromatic carbocycles. The minimum absolute atomic E-state index is 0.0943. The first-order valence-corrected chi connectivity index (χ1v) is 8.07. The molecule has 1 amide bonds. The Bertz CT molecular complexity index is 840. The van der Waals surface area contributed by atoms with Crippen molar-refractivity contribution >= 4 is 5.91 Å². The van der Waals surface area contributed by atoms with Gasteiger partial charge in [0.15, 0.2) is 0 Å². The summed E-state index contributed by atoms with van der Waals surface area (Å²) >= 11 is 0. The molecule has 0 radical (unpaired) electrons. The quantitative estimate of drug-likeness (QED) is 0.745. The van der Waals surface area contributed by atoms with Crippen molar-refractivity contribution in [3.8, 4) is 0 Å². The summed E-state index contributed by atoms with van der Waals surface area (Å²) in [5.41, 5.74) is 4.43. The van der Waals surface area contributed by atoms with Crippen molar-refractivity contribution in [2.24, 2.45) is 0 Å². The van der Waals surface area contributed by atoms with E-state index in [0.717, 1.165) is 24.1 Å². The van der Waals surface area contributed by atoms with Gasteiger partial charge in [0.25, 0.3) is 5.91 Å². The lowest BCUT2D eigenvalue weighted by Gasteiger charge is -2.29. The second kappa shape index (κ2) is 6.28. The van der Waals surface area contributed by atoms with Gasteiger partial charge in [-0.25, -0.2) is 9.67 Å². The SMILES string of the molecule is O=C(c1ccc(Cn2cncn2)cc1)N1CCc2ccccc2C1. The molecule has 3 aromatic rings. The van der Waals surface area contributed by atoms with Crippen LogP contribution >= 0.6 is 0 Å². The Morgan fingerprint density at radius 1 is 1.04 bits per heavy atom. The van der Waals surface area contributed by atoms with Crippen molar-refractivity contribution in [2.75, 3.05) is 6.54 Å². The molecule has 1 aliphatic rings. The monoisotopic (exact) mass is 318 g/mol. The number of nitrogens with zero attached hydrogens (tertiary/aromatic N) is 4. The Labute approximate surface area is 140 Å². The molecule has 0 saturated heterocycles. The number of benzene rings is 2. The minimum Gasteiger partial charge on any atom is -0.334 e. The van der Waals surface area contributed by atoms with E-state index >= 15 is 0 Å². The molecular weight excluding hydrogens is 300 g/mol. The summed E-state index contributed by atoms with van der Waals surface area (Å²) in [6, 6.07) is 16.1. The maximum atomic E-state index is 12.7. The Hall–Kier alpha value is -2.95. The van der Waals surface area contributed by atoms with Gasteiger partial charge in [0.1, 0.15) is 12.7 Å². The van der Waals surface area contributed by atoms with E-state index in [1.165, 1.54) is 17.5 Å². The van der Waals surface area contributed by atoms with Crippen LogP contribution in [0.1, 0.15) is 27.0 Å². The van der Waals surface area contributed by atoms with E-state index in [1.54, 1.807) is 11.0 Å². The third-order valence-corrected chi connectivity index (χ3v) is 4.43. The van der Waals surface area contributed by atoms with Crippen LogP contribution in [0, 0.1) is 0 Å². The van der Waals surface area contributed by atoms with Crippen molar-refractivity contribution in [3.63, 3.8) is 0 Å². The molecule has 0 fully saturated rings. The zero-order chi connectivity index (χ0) is 16.4. The summed E-state index contributed by atoms with van der Waals surface area (Å²) in [6.07, 6.45) is 4.13. The molecule has 0 saturated carbocycles. The Balaban J connectivity index is 1.47. The van der Waals surface area contributed by atoms with Crippen molar-refractivity contribution in [3.05, 3.63) is 83.4 Å². The molecular formula is C19H18N4O. The molecule has 24 heavy (non-hydrogen) atoms. The van der Waals surface area contributed by atoms with Gasteiger partial charge in [-0.05, 0) is 35.2 Å². The zero-order valence-corrected chi connectivity index (χ0v) is 13.3. The lowest BCUT2D eigenvalue weighted by Crippen LogP contribution is -2.35. The first-order chi connectivity index (χ1) is 11.8. The molecule has 120 valence electrons. The van der Waals surface area contributed by atoms with Gasteiger partial charge in [-0.3, -0.25) is 4.79 Å². The number of carbonyl (C=O) groups is 1. The summed E-state index contributed by atoms with van der Waals surface area (Å²) in [7, 11) is 0. The zero-order valence-electron chi connectivity index (χ0n) is 13.3. The molecule has 1 aliphatic heterocycles. The molecule has 5 nitrogen and oxygen atoms in total. The molecule has 0 N–H and O–H groups in total. The van der Waals surface area contributed by atoms with E-state index in [-0.39, 0.29) is 5.91 Å². The van der Waals surface area contributed by atoms with Gasteiger partial charge in [-0.15, -0.1) is 0 Å². The largest absolute Gasteiger partial charge is 0.334 e. The highest BCUT2D eigenvalue weighted by molar-refractivity contribution is 5.94. The van der Waals surface area contributed by atoms with Crippen LogP contribution in [-0.4, -0.2) is 32.1 Å². The summed E-state index contributed by atoms with van der Waals surface area (Å²) in [5.74, 6) is 0.0943. The lowest BCUT2D eigenvalue weighted by atomic mass is 9.99. The number of carbonyl (C=O) groups excluding carboxylic acids is 1. The summed E-state index contributed by atoms with van der Waals surface area (Å²) in [5, 5.41) is 4.09. The van der Waals surface area contributed by atoms with Crippen molar-refractivity contribution in [2.45, 2.75) is 19.5 Å². The first kappa shape index (κ1) is 14.6. The summed E-state index contributed by atoms with van der Waals surface area (Å²) < 4.78 is 1.76. The van der Waals surface area contributed by atoms with Crippen LogP contribution in [-0.2, 0) is 19.5 Å². The molecule has 0 spiro atoms. The average molecular weight is 318 g/mol. The van der Waals surface area contributed by atoms with Crippen LogP contribution in [0.3, 0.4) is 0 Å². The number of hydrogen-bond donors (Lipinski definition) is 0. The lowest BCUT2D eigenvalue weighted by molar-refractivity contribution is 0.0734. The third-order valence-electron chi connectivity index (χ3n) is 4.43. The fraction of sp³-hybridized carbons (Fsp3) is 0.211. The van der Waals surface area contributed by atoms with E-state index < -0.39 is 0 Å². The third kappa shape index (κ3) is 2.93. The summed E-state index contributed by atoms with van der Waals surface area (Å²) in [4.78, 5) is 18.6. The van der Waals surface area contributed by atoms with Gasteiger partial charge in [0, 0.05) is 18.7 Å². The van der Waals surface area contributed by atoms with Gasteiger partial charge in [0.05, 0.1) is 6.54 Å². The number of aromatic nitrogens is 3. The predicted octanol–water partition coefficient (Wildman–Crippen LogP) is 2.52. The van der Waals surface area contributed by atoms with E-state index in [4.69, 9.17) is 0 Å². The predicted molar refractivity (Wildman–Crippen MR) is 90.5 cm³/mol. The molecule has 0 unspecified atom stereocenters. The van der Waals surface area contributed by atoms with E-state index in [0.29, 0.717) is 13.1 Å². The molecule has 1 aromatic heterocycles. The fourth-order valence-corrected chi connectivity index (χ4v) is 3.11. The maximum Gasteiger partial charge on any atom is 0.254 e. The van der Waals surface area contributed by atoms with Crippen molar-refractivity contribution in [1.82, 2.24) is 19.7 Å². The smallest absolute Gasteiger partial charge is 0.254 e. The molecule has 0 bridgehead atoms. The minimum atomic E-state index is 0.0943. The highest BCUT2D eigenvalue weighted by atomic mass is 16.2. The fourth-order valence-electron chi connectivity index (χ4n) is 3.11. The van der Waals surface area contributed by atoms with E-state index in [9.17, 15) is 4.79 Å². The standard InChI is InChI=1S/C19H18N4O/c24-19(22-10-9-16-3-1-2-4-18(16)12-22)17-7-5-15(6-8-17)11-23-14-20-13-21-23/h1-8,13-14H,9-12H2. The number of amides is 1. The normalized spacial score (nSPS) is 13.6. The average Bonchev–Trinajstić information content (AvgIpc) is 3.14. The van der Waals surface area contributed by atoms with Crippen molar-refractivity contribution in [1.29, 1.82) is 0 Å². The first-order valence-electron chi connectivity index (χ1n) is 8.07. The van der Waals surface area contributed by atoms with Crippen LogP contribution in [0.2, 0.25) is 0 Å². The molecule has 2 heterocycles.